The van der Waals surface area contributed by atoms with Crippen molar-refractivity contribution in [2.75, 3.05) is 5.32 Å². The number of nitrogens with one attached hydrogen (secondary N) is 1. The maximum Gasteiger partial charge on any atom is 0.159 e. The largest absolute Gasteiger partial charge is 0.340 e. The fourth-order valence-corrected chi connectivity index (χ4v) is 2.34. The Morgan fingerprint density at radius 2 is 2.09 bits per heavy atom. The monoisotopic (exact) mass is 291 g/mol. The van der Waals surface area contributed by atoms with Gasteiger partial charge >= 0.3 is 0 Å². The van der Waals surface area contributed by atoms with Gasteiger partial charge in [-0.25, -0.2) is 9.97 Å². The van der Waals surface area contributed by atoms with Crippen LogP contribution < -0.4 is 5.32 Å². The van der Waals surface area contributed by atoms with Crippen molar-refractivity contribution in [1.29, 1.82) is 0 Å². The molecule has 4 heteroatoms. The molecule has 1 aromatic carbocycles. The first kappa shape index (κ1) is 14.2. The first-order valence-corrected chi connectivity index (χ1v) is 7.29. The molecule has 0 bridgehead atoms. The zero-order valence-electron chi connectivity index (χ0n) is 12.4. The third kappa shape index (κ3) is 3.28. The highest BCUT2D eigenvalue weighted by molar-refractivity contribution is 5.95. The number of Topliss-reactive ketones (excluding diaryl/α,β-unsaturated/α-hetero) is 1. The highest BCUT2D eigenvalue weighted by Gasteiger charge is 2.06. The summed E-state index contributed by atoms with van der Waals surface area (Å²) in [7, 11) is 0. The van der Waals surface area contributed by atoms with Gasteiger partial charge in [-0.3, -0.25) is 4.79 Å². The molecule has 0 saturated heterocycles. The predicted molar refractivity (Wildman–Crippen MR) is 87.6 cm³/mol. The van der Waals surface area contributed by atoms with Crippen molar-refractivity contribution in [3.63, 3.8) is 0 Å². The number of hydrogen-bond donors (Lipinski definition) is 1. The summed E-state index contributed by atoms with van der Waals surface area (Å²) in [5, 5.41) is 3.28. The van der Waals surface area contributed by atoms with Crippen molar-refractivity contribution in [2.24, 2.45) is 0 Å². The number of aromatic nitrogens is 2. The minimum atomic E-state index is 0.0479. The lowest BCUT2D eigenvalue weighted by atomic mass is 10.1. The summed E-state index contributed by atoms with van der Waals surface area (Å²) in [4.78, 5) is 20.1. The molecule has 110 valence electrons. The van der Waals surface area contributed by atoms with Crippen molar-refractivity contribution >= 4 is 11.6 Å². The number of carbonyl (C=O) groups excluding carboxylic acids is 1. The molecule has 0 fully saturated rings. The first-order chi connectivity index (χ1) is 10.7. The highest BCUT2D eigenvalue weighted by Crippen LogP contribution is 2.21. The van der Waals surface area contributed by atoms with Crippen molar-refractivity contribution < 1.29 is 4.79 Å². The third-order valence-corrected chi connectivity index (χ3v) is 3.50. The Morgan fingerprint density at radius 1 is 1.18 bits per heavy atom. The predicted octanol–water partition coefficient (Wildman–Crippen LogP) is 3.99. The SMILES string of the molecule is CC(=O)c1cccc(-c2cc(NC3=CCCC=C3)ncn2)c1. The molecule has 1 heterocycles. The standard InChI is InChI=1S/C18H17N3O/c1-13(22)14-6-5-7-15(10-14)17-11-18(20-12-19-17)21-16-8-3-2-4-9-16/h3,5-12H,2,4H2,1H3,(H,19,20,21). The molecule has 0 amide bonds. The topological polar surface area (TPSA) is 54.9 Å². The van der Waals surface area contributed by atoms with Gasteiger partial charge < -0.3 is 5.32 Å². The summed E-state index contributed by atoms with van der Waals surface area (Å²) >= 11 is 0. The second kappa shape index (κ2) is 6.35. The molecular formula is C18H17N3O. The van der Waals surface area contributed by atoms with Crippen molar-refractivity contribution in [3.8, 4) is 11.3 Å². The van der Waals surface area contributed by atoms with E-state index in [9.17, 15) is 4.79 Å². The van der Waals surface area contributed by atoms with E-state index < -0.39 is 0 Å². The molecule has 0 spiro atoms. The van der Waals surface area contributed by atoms with Gasteiger partial charge in [0.25, 0.3) is 0 Å². The Morgan fingerprint density at radius 3 is 2.86 bits per heavy atom. The van der Waals surface area contributed by atoms with E-state index in [1.807, 2.05) is 30.3 Å². The molecule has 0 saturated carbocycles. The van der Waals surface area contributed by atoms with Gasteiger partial charge in [0.15, 0.2) is 5.78 Å². The maximum atomic E-state index is 11.5. The molecular weight excluding hydrogens is 274 g/mol. The fraction of sp³-hybridized carbons (Fsp3) is 0.167. The Labute approximate surface area is 129 Å². The maximum absolute atomic E-state index is 11.5. The van der Waals surface area contributed by atoms with Gasteiger partial charge in [0.05, 0.1) is 5.69 Å². The van der Waals surface area contributed by atoms with E-state index >= 15 is 0 Å². The molecule has 3 rings (SSSR count). The van der Waals surface area contributed by atoms with E-state index in [1.54, 1.807) is 6.92 Å². The second-order valence-electron chi connectivity index (χ2n) is 5.19. The van der Waals surface area contributed by atoms with Gasteiger partial charge in [-0.15, -0.1) is 0 Å². The van der Waals surface area contributed by atoms with Gasteiger partial charge in [0.2, 0.25) is 0 Å². The lowest BCUT2D eigenvalue weighted by Gasteiger charge is -2.10. The van der Waals surface area contributed by atoms with Gasteiger partial charge in [0.1, 0.15) is 12.1 Å². The molecule has 4 nitrogen and oxygen atoms in total. The van der Waals surface area contributed by atoms with Crippen molar-refractivity contribution in [2.45, 2.75) is 19.8 Å². The van der Waals surface area contributed by atoms with Crippen LogP contribution in [0.1, 0.15) is 30.1 Å². The molecule has 1 aliphatic rings. The van der Waals surface area contributed by atoms with Crippen LogP contribution in [-0.2, 0) is 0 Å². The summed E-state index contributed by atoms with van der Waals surface area (Å²) in [5.41, 5.74) is 3.43. The minimum absolute atomic E-state index is 0.0479. The van der Waals surface area contributed by atoms with Gasteiger partial charge in [-0.1, -0.05) is 30.4 Å². The Balaban J connectivity index is 1.87. The number of ketones is 1. The molecule has 0 aliphatic heterocycles. The average Bonchev–Trinajstić information content (AvgIpc) is 2.56. The smallest absolute Gasteiger partial charge is 0.159 e. The fourth-order valence-electron chi connectivity index (χ4n) is 2.34. The third-order valence-electron chi connectivity index (χ3n) is 3.50. The van der Waals surface area contributed by atoms with Crippen LogP contribution in [0.2, 0.25) is 0 Å². The van der Waals surface area contributed by atoms with Gasteiger partial charge in [-0.05, 0) is 31.9 Å². The van der Waals surface area contributed by atoms with Crippen LogP contribution in [0.25, 0.3) is 11.3 Å². The van der Waals surface area contributed by atoms with Gasteiger partial charge in [-0.2, -0.15) is 0 Å². The van der Waals surface area contributed by atoms with Crippen molar-refractivity contribution in [1.82, 2.24) is 9.97 Å². The van der Waals surface area contributed by atoms with E-state index in [0.29, 0.717) is 5.56 Å². The first-order valence-electron chi connectivity index (χ1n) is 7.29. The summed E-state index contributed by atoms with van der Waals surface area (Å²) in [6.07, 6.45) is 10.0. The van der Waals surface area contributed by atoms with E-state index in [2.05, 4.69) is 33.5 Å². The Bertz CT molecular complexity index is 762. The van der Waals surface area contributed by atoms with Crippen LogP contribution in [0, 0.1) is 0 Å². The molecule has 0 radical (unpaired) electrons. The lowest BCUT2D eigenvalue weighted by Crippen LogP contribution is -2.02. The molecule has 1 aliphatic carbocycles. The quantitative estimate of drug-likeness (QED) is 0.865. The van der Waals surface area contributed by atoms with Crippen molar-refractivity contribution in [3.05, 3.63) is 66.1 Å². The number of allylic oxidation sites excluding steroid dienone is 3. The zero-order valence-corrected chi connectivity index (χ0v) is 12.4. The molecule has 1 N–H and O–H groups in total. The molecule has 1 aromatic heterocycles. The summed E-state index contributed by atoms with van der Waals surface area (Å²) < 4.78 is 0. The van der Waals surface area contributed by atoms with Crippen LogP contribution in [0.5, 0.6) is 0 Å². The molecule has 2 aromatic rings. The molecule has 0 atom stereocenters. The number of hydrogen-bond acceptors (Lipinski definition) is 4. The number of benzene rings is 1. The Hall–Kier alpha value is -2.75. The number of carbonyl (C=O) groups is 1. The second-order valence-corrected chi connectivity index (χ2v) is 5.19. The molecule has 22 heavy (non-hydrogen) atoms. The average molecular weight is 291 g/mol. The number of nitrogens with zero attached hydrogens (tertiary/aromatic N) is 2. The molecule has 0 unspecified atom stereocenters. The van der Waals surface area contributed by atoms with Crippen LogP contribution in [0.3, 0.4) is 0 Å². The van der Waals surface area contributed by atoms with Crippen LogP contribution in [0.4, 0.5) is 5.82 Å². The lowest BCUT2D eigenvalue weighted by molar-refractivity contribution is 0.101. The highest BCUT2D eigenvalue weighted by atomic mass is 16.1. The Kier molecular flexibility index (Phi) is 4.10. The van der Waals surface area contributed by atoms with Crippen LogP contribution >= 0.6 is 0 Å². The number of rotatable bonds is 4. The van der Waals surface area contributed by atoms with E-state index in [1.165, 1.54) is 6.33 Å². The zero-order chi connectivity index (χ0) is 15.4. The van der Waals surface area contributed by atoms with E-state index in [-0.39, 0.29) is 5.78 Å². The van der Waals surface area contributed by atoms with Crippen LogP contribution in [-0.4, -0.2) is 15.8 Å². The van der Waals surface area contributed by atoms with E-state index in [4.69, 9.17) is 0 Å². The summed E-state index contributed by atoms with van der Waals surface area (Å²) in [5.74, 6) is 0.794. The number of anilines is 1. The van der Waals surface area contributed by atoms with Crippen LogP contribution in [0.15, 0.2) is 60.6 Å². The normalized spacial score (nSPS) is 13.6. The van der Waals surface area contributed by atoms with Gasteiger partial charge in [0, 0.05) is 22.9 Å². The van der Waals surface area contributed by atoms with E-state index in [0.717, 1.165) is 35.6 Å². The summed E-state index contributed by atoms with van der Waals surface area (Å²) in [6.45, 7) is 1.56. The summed E-state index contributed by atoms with van der Waals surface area (Å²) in [6, 6.07) is 9.37. The minimum Gasteiger partial charge on any atom is -0.340 e.